The first kappa shape index (κ1) is 91.1. The van der Waals surface area contributed by atoms with Gasteiger partial charge >= 0.3 is 35.8 Å². The van der Waals surface area contributed by atoms with Gasteiger partial charge in [-0.3, -0.25) is 28.8 Å². The van der Waals surface area contributed by atoms with Gasteiger partial charge in [-0.25, -0.2) is 0 Å². The molecule has 0 aromatic rings. The van der Waals surface area contributed by atoms with Crippen LogP contribution in [0, 0.1) is 38.4 Å². The van der Waals surface area contributed by atoms with E-state index in [0.29, 0.717) is 0 Å². The summed E-state index contributed by atoms with van der Waals surface area (Å²) >= 11 is 0. The molecule has 21 nitrogen and oxygen atoms in total. The molecule has 0 aromatic carbocycles. The molecule has 0 amide bonds. The van der Waals surface area contributed by atoms with E-state index < -0.39 is 164 Å². The Labute approximate surface area is 563 Å². The summed E-state index contributed by atoms with van der Waals surface area (Å²) in [5.74, 6) is -5.89. The number of carbonyl (C=O) groups excluding carboxylic acids is 6. The summed E-state index contributed by atoms with van der Waals surface area (Å²) in [4.78, 5) is 87.3. The lowest BCUT2D eigenvalue weighted by Gasteiger charge is -2.38. The lowest BCUT2D eigenvalue weighted by molar-refractivity contribution is -0.186. The summed E-state index contributed by atoms with van der Waals surface area (Å²) in [6.45, 7) is 58.8. The molecular weight excluding hydrogens is 1200 g/mol. The van der Waals surface area contributed by atoms with E-state index in [9.17, 15) is 24.0 Å². The molecule has 0 aliphatic heterocycles. The second kappa shape index (κ2) is 34.5. The molecule has 2 atom stereocenters. The molecule has 93 heavy (non-hydrogen) atoms. The minimum absolute atomic E-state index is 0. The number of ether oxygens (including phenoxy) is 15. The molecule has 0 saturated carbocycles. The van der Waals surface area contributed by atoms with E-state index in [1.165, 1.54) is 13.8 Å². The van der Waals surface area contributed by atoms with Gasteiger partial charge in [-0.15, -0.1) is 0 Å². The van der Waals surface area contributed by atoms with E-state index >= 15 is 4.79 Å². The monoisotopic (exact) mass is 1330 g/mol. The Hall–Kier alpha value is -3.96. The van der Waals surface area contributed by atoms with Gasteiger partial charge in [0.2, 0.25) is 0 Å². The van der Waals surface area contributed by atoms with E-state index in [2.05, 4.69) is 6.58 Å². The number of hydrogen-bond donors (Lipinski definition) is 0. The van der Waals surface area contributed by atoms with Crippen LogP contribution in [0.25, 0.3) is 0 Å². The van der Waals surface area contributed by atoms with Gasteiger partial charge in [0.05, 0.1) is 103 Å². The van der Waals surface area contributed by atoms with Crippen molar-refractivity contribution in [2.75, 3.05) is 92.5 Å². The van der Waals surface area contributed by atoms with Gasteiger partial charge in [-0.05, 0) is 228 Å². The maximum Gasteiger partial charge on any atom is 0.319 e. The van der Waals surface area contributed by atoms with Crippen LogP contribution in [0.4, 0.5) is 0 Å². The van der Waals surface area contributed by atoms with E-state index in [1.54, 1.807) is 48.5 Å². The molecule has 0 heterocycles. The van der Waals surface area contributed by atoms with Crippen LogP contribution in [0.1, 0.15) is 236 Å². The Morgan fingerprint density at radius 2 is 0.441 bits per heavy atom. The van der Waals surface area contributed by atoms with E-state index in [1.807, 2.05) is 166 Å². The number of hydrogen-bond acceptors (Lipinski definition) is 21. The maximum atomic E-state index is 15.0. The molecule has 2 unspecified atom stereocenters. The third kappa shape index (κ3) is 38.0. The Bertz CT molecular complexity index is 2230. The molecule has 0 rings (SSSR count). The highest BCUT2D eigenvalue weighted by Gasteiger charge is 2.49. The van der Waals surface area contributed by atoms with Crippen molar-refractivity contribution in [1.29, 1.82) is 0 Å². The molecule has 0 spiro atoms. The summed E-state index contributed by atoms with van der Waals surface area (Å²) in [6.07, 6.45) is 0. The zero-order valence-electron chi connectivity index (χ0n) is 63.8. The second-order valence-corrected chi connectivity index (χ2v) is 35.4. The van der Waals surface area contributed by atoms with Crippen LogP contribution in [0.5, 0.6) is 0 Å². The molecule has 0 fully saturated rings. The molecule has 0 aromatic heterocycles. The van der Waals surface area contributed by atoms with Gasteiger partial charge in [0.15, 0.2) is 0 Å². The van der Waals surface area contributed by atoms with E-state index in [-0.39, 0.29) is 66.0 Å². The Kier molecular flexibility index (Phi) is 33.8. The number of carbonyl (C=O) groups is 6. The smallest absolute Gasteiger partial charge is 0.319 e. The largest absolute Gasteiger partial charge is 0.496 e. The van der Waals surface area contributed by atoms with Gasteiger partial charge in [0.1, 0.15) is 84.0 Å². The molecule has 21 heteroatoms. The molecule has 0 bridgehead atoms. The molecule has 0 saturated heterocycles. The average molecular weight is 1340 g/mol. The minimum Gasteiger partial charge on any atom is -0.496 e. The molecule has 0 aliphatic rings. The first-order valence-electron chi connectivity index (χ1n) is 32.2. The van der Waals surface area contributed by atoms with Crippen LogP contribution >= 0.6 is 0 Å². The normalized spacial score (nSPS) is 15.1. The fraction of sp³-hybridized carbons (Fsp3) is 0.889. The Morgan fingerprint density at radius 1 is 0.247 bits per heavy atom. The summed E-state index contributed by atoms with van der Waals surface area (Å²) in [5, 5.41) is 0. The van der Waals surface area contributed by atoms with Crippen LogP contribution < -0.4 is 0 Å². The van der Waals surface area contributed by atoms with Crippen LogP contribution in [0.2, 0.25) is 0 Å². The minimum atomic E-state index is -1.94. The van der Waals surface area contributed by atoms with Crippen molar-refractivity contribution in [2.45, 2.75) is 286 Å². The molecule has 0 N–H and O–H groups in total. The summed E-state index contributed by atoms with van der Waals surface area (Å²) in [5.41, 5.74) is -15.7. The lowest BCUT2D eigenvalue weighted by Crippen LogP contribution is -2.48. The Balaban J connectivity index is 0. The quantitative estimate of drug-likeness (QED) is 0.0322. The zero-order valence-corrected chi connectivity index (χ0v) is 63.8. The van der Waals surface area contributed by atoms with Gasteiger partial charge < -0.3 is 71.1 Å². The fourth-order valence-electron chi connectivity index (χ4n) is 6.91. The highest BCUT2D eigenvalue weighted by molar-refractivity contribution is 5.82. The summed E-state index contributed by atoms with van der Waals surface area (Å²) in [6, 6.07) is 0. The predicted octanol–water partition coefficient (Wildman–Crippen LogP) is 13.4. The molecule has 0 aliphatic carbocycles. The van der Waals surface area contributed by atoms with Crippen LogP contribution in [-0.4, -0.2) is 179 Å². The van der Waals surface area contributed by atoms with Crippen molar-refractivity contribution in [3.05, 3.63) is 12.3 Å². The number of esters is 6. The SMILES string of the molecule is C.C=C(OCC(C)(COC(=O)C(C)(COC(=O)C(COC(C)(C)C)COC(C)(C)C)COC(=O)C(C)(COC(C)(C)C)COC(C)(C)C)C(=O)OC(C)(C)C)C(C)(COC(=O)C(C)(COC(C)(C)C)COC(C)(C)C)COC(=O)C(C)(COC(C)(C)C)COC(C)(C)C. The zero-order chi connectivity index (χ0) is 72.6. The van der Waals surface area contributed by atoms with Crippen molar-refractivity contribution in [3.63, 3.8) is 0 Å². The summed E-state index contributed by atoms with van der Waals surface area (Å²) < 4.78 is 91.8. The molecular formula is C72H134O21. The van der Waals surface area contributed by atoms with Gasteiger partial charge in [-0.1, -0.05) is 14.0 Å². The third-order valence-corrected chi connectivity index (χ3v) is 13.4. The number of rotatable bonds is 36. The maximum absolute atomic E-state index is 15.0. The molecule has 548 valence electrons. The first-order chi connectivity index (χ1) is 40.7. The van der Waals surface area contributed by atoms with E-state index in [0.717, 1.165) is 0 Å². The first-order valence-corrected chi connectivity index (χ1v) is 32.2. The topological polar surface area (TPSA) is 241 Å². The molecule has 0 radical (unpaired) electrons. The Morgan fingerprint density at radius 3 is 0.667 bits per heavy atom. The highest BCUT2D eigenvalue weighted by Crippen LogP contribution is 2.37. The third-order valence-electron chi connectivity index (χ3n) is 13.4. The van der Waals surface area contributed by atoms with Crippen molar-refractivity contribution in [3.8, 4) is 0 Å². The van der Waals surface area contributed by atoms with Gasteiger partial charge in [-0.2, -0.15) is 0 Å². The predicted molar refractivity (Wildman–Crippen MR) is 360 cm³/mol. The van der Waals surface area contributed by atoms with Crippen LogP contribution in [0.3, 0.4) is 0 Å². The van der Waals surface area contributed by atoms with E-state index in [4.69, 9.17) is 71.1 Å². The van der Waals surface area contributed by atoms with Crippen LogP contribution in [0.15, 0.2) is 12.3 Å². The van der Waals surface area contributed by atoms with Crippen LogP contribution in [-0.2, 0) is 99.8 Å². The highest BCUT2D eigenvalue weighted by atomic mass is 16.6. The summed E-state index contributed by atoms with van der Waals surface area (Å²) in [7, 11) is 0. The van der Waals surface area contributed by atoms with Gasteiger partial charge in [0.25, 0.3) is 0 Å². The van der Waals surface area contributed by atoms with Crippen molar-refractivity contribution in [2.24, 2.45) is 38.4 Å². The van der Waals surface area contributed by atoms with Crippen molar-refractivity contribution < 1.29 is 99.8 Å². The van der Waals surface area contributed by atoms with Crippen molar-refractivity contribution >= 4 is 35.8 Å². The second-order valence-electron chi connectivity index (χ2n) is 35.4. The fourth-order valence-corrected chi connectivity index (χ4v) is 6.91. The standard InChI is InChI=1S/C71H130O21.CH4/c1-49(66(29,37-80-53(74)69(32,43-86-59(8,9)10)44-87-60(11,12)13)38-81-54(75)70(33,45-88-61(14,15)16)46-89-62(17,18)19)78-39-68(31,56(77)92-65(26,27)28)42-83-52(73)67(30,40-79-51(72)50(35-84-57(2,3)4)36-85-58(5,6)7)41-82-55(76)71(34,47-90-63(20,21)22)48-91-64(23,24)25;/h50H,1,35-48H2,2-34H3;1H4. The van der Waals surface area contributed by atoms with Gasteiger partial charge in [0, 0.05) is 0 Å². The average Bonchev–Trinajstić information content (AvgIpc) is 0.830. The lowest BCUT2D eigenvalue weighted by atomic mass is 9.88. The van der Waals surface area contributed by atoms with Crippen molar-refractivity contribution in [1.82, 2.24) is 0 Å².